The summed E-state index contributed by atoms with van der Waals surface area (Å²) in [6, 6.07) is 0. The Morgan fingerprint density at radius 2 is 2.27 bits per heavy atom. The van der Waals surface area contributed by atoms with E-state index in [1.54, 1.807) is 0 Å². The van der Waals surface area contributed by atoms with E-state index in [2.05, 4.69) is 19.2 Å². The molecule has 2 fully saturated rings. The molecule has 2 nitrogen and oxygen atoms in total. The van der Waals surface area contributed by atoms with E-state index in [0.29, 0.717) is 11.5 Å². The number of ether oxygens (including phenoxy) is 1. The molecule has 0 amide bonds. The number of hydrogen-bond acceptors (Lipinski definition) is 2. The fourth-order valence-corrected chi connectivity index (χ4v) is 2.57. The van der Waals surface area contributed by atoms with Crippen molar-refractivity contribution in [2.45, 2.75) is 26.4 Å². The monoisotopic (exact) mass is 155 g/mol. The predicted molar refractivity (Wildman–Crippen MR) is 44.5 cm³/mol. The second-order valence-corrected chi connectivity index (χ2v) is 4.03. The highest BCUT2D eigenvalue weighted by Crippen LogP contribution is 2.43. The quantitative estimate of drug-likeness (QED) is 0.564. The number of nitrogens with one attached hydrogen (secondary N) is 1. The van der Waals surface area contributed by atoms with Crippen LogP contribution in [0.2, 0.25) is 0 Å². The van der Waals surface area contributed by atoms with Gasteiger partial charge in [0, 0.05) is 18.6 Å². The molecule has 0 radical (unpaired) electrons. The van der Waals surface area contributed by atoms with E-state index in [4.69, 9.17) is 4.74 Å². The molecule has 1 spiro atoms. The Balaban J connectivity index is 2.19. The topological polar surface area (TPSA) is 21.3 Å². The van der Waals surface area contributed by atoms with E-state index in [0.717, 1.165) is 19.1 Å². The van der Waals surface area contributed by atoms with Crippen LogP contribution in [0, 0.1) is 11.3 Å². The molecule has 2 aliphatic heterocycles. The summed E-state index contributed by atoms with van der Waals surface area (Å²) in [6.45, 7) is 7.86. The fourth-order valence-electron chi connectivity index (χ4n) is 2.57. The zero-order valence-corrected chi connectivity index (χ0v) is 7.39. The molecule has 64 valence electrons. The van der Waals surface area contributed by atoms with Gasteiger partial charge in [-0.25, -0.2) is 0 Å². The van der Waals surface area contributed by atoms with Crippen LogP contribution in [0.25, 0.3) is 0 Å². The largest absolute Gasteiger partial charge is 0.378 e. The van der Waals surface area contributed by atoms with Crippen LogP contribution in [0.3, 0.4) is 0 Å². The van der Waals surface area contributed by atoms with Crippen LogP contribution >= 0.6 is 0 Å². The van der Waals surface area contributed by atoms with Gasteiger partial charge in [0.05, 0.1) is 6.10 Å². The highest BCUT2D eigenvalue weighted by molar-refractivity contribution is 4.99. The maximum absolute atomic E-state index is 5.62. The van der Waals surface area contributed by atoms with Crippen LogP contribution in [0.1, 0.15) is 20.3 Å². The maximum atomic E-state index is 5.62. The molecule has 11 heavy (non-hydrogen) atoms. The molecule has 0 aromatic heterocycles. The maximum Gasteiger partial charge on any atom is 0.0619 e. The zero-order chi connectivity index (χ0) is 7.90. The van der Waals surface area contributed by atoms with E-state index >= 15 is 0 Å². The van der Waals surface area contributed by atoms with Gasteiger partial charge in [-0.3, -0.25) is 0 Å². The Bertz CT molecular complexity index is 140. The first-order chi connectivity index (χ1) is 5.26. The minimum absolute atomic E-state index is 0.465. The minimum Gasteiger partial charge on any atom is -0.378 e. The number of rotatable bonds is 0. The summed E-state index contributed by atoms with van der Waals surface area (Å²) in [5.74, 6) is 0.792. The molecule has 0 aromatic carbocycles. The van der Waals surface area contributed by atoms with Gasteiger partial charge in [-0.2, -0.15) is 0 Å². The van der Waals surface area contributed by atoms with Crippen molar-refractivity contribution in [1.29, 1.82) is 0 Å². The second kappa shape index (κ2) is 2.46. The van der Waals surface area contributed by atoms with Gasteiger partial charge < -0.3 is 10.1 Å². The van der Waals surface area contributed by atoms with Crippen LogP contribution < -0.4 is 5.32 Å². The van der Waals surface area contributed by atoms with E-state index in [-0.39, 0.29) is 0 Å². The van der Waals surface area contributed by atoms with Gasteiger partial charge in [-0.05, 0) is 25.8 Å². The Labute approximate surface area is 68.3 Å². The zero-order valence-electron chi connectivity index (χ0n) is 7.39. The van der Waals surface area contributed by atoms with Crippen molar-refractivity contribution in [2.75, 3.05) is 19.7 Å². The lowest BCUT2D eigenvalue weighted by molar-refractivity contribution is 0.0547. The Morgan fingerprint density at radius 3 is 2.73 bits per heavy atom. The van der Waals surface area contributed by atoms with Gasteiger partial charge in [-0.15, -0.1) is 0 Å². The SMILES string of the molecule is CC1CNCC12CCOC2C. The van der Waals surface area contributed by atoms with E-state index in [9.17, 15) is 0 Å². The first-order valence-corrected chi connectivity index (χ1v) is 4.58. The lowest BCUT2D eigenvalue weighted by Gasteiger charge is -2.30. The summed E-state index contributed by atoms with van der Waals surface area (Å²) in [5.41, 5.74) is 0.472. The highest BCUT2D eigenvalue weighted by atomic mass is 16.5. The van der Waals surface area contributed by atoms with Crippen molar-refractivity contribution in [2.24, 2.45) is 11.3 Å². The minimum atomic E-state index is 0.465. The predicted octanol–water partition coefficient (Wildman–Crippen LogP) is 1.02. The molecular formula is C9H17NO. The third-order valence-electron chi connectivity index (χ3n) is 3.63. The highest BCUT2D eigenvalue weighted by Gasteiger charge is 2.48. The lowest BCUT2D eigenvalue weighted by Crippen LogP contribution is -2.35. The van der Waals surface area contributed by atoms with E-state index in [1.807, 2.05) is 0 Å². The molecule has 0 bridgehead atoms. The summed E-state index contributed by atoms with van der Waals surface area (Å²) >= 11 is 0. The first kappa shape index (κ1) is 7.56. The third-order valence-corrected chi connectivity index (χ3v) is 3.63. The molecule has 2 heterocycles. The van der Waals surface area contributed by atoms with Crippen LogP contribution in [0.15, 0.2) is 0 Å². The van der Waals surface area contributed by atoms with Crippen molar-refractivity contribution < 1.29 is 4.74 Å². The molecule has 3 unspecified atom stereocenters. The van der Waals surface area contributed by atoms with Crippen LogP contribution in [-0.2, 0) is 4.74 Å². The first-order valence-electron chi connectivity index (χ1n) is 4.58. The van der Waals surface area contributed by atoms with Gasteiger partial charge in [0.25, 0.3) is 0 Å². The fraction of sp³-hybridized carbons (Fsp3) is 1.00. The van der Waals surface area contributed by atoms with Gasteiger partial charge in [0.2, 0.25) is 0 Å². The molecule has 1 N–H and O–H groups in total. The average Bonchev–Trinajstić information content (AvgIpc) is 2.48. The number of hydrogen-bond donors (Lipinski definition) is 1. The van der Waals surface area contributed by atoms with Crippen LogP contribution in [0.5, 0.6) is 0 Å². The Morgan fingerprint density at radius 1 is 1.45 bits per heavy atom. The van der Waals surface area contributed by atoms with Gasteiger partial charge in [0.15, 0.2) is 0 Å². The lowest BCUT2D eigenvalue weighted by atomic mass is 9.74. The van der Waals surface area contributed by atoms with Crippen molar-refractivity contribution in [3.05, 3.63) is 0 Å². The summed E-state index contributed by atoms with van der Waals surface area (Å²) in [5, 5.41) is 3.46. The summed E-state index contributed by atoms with van der Waals surface area (Å²) in [6.07, 6.45) is 1.72. The normalized spacial score (nSPS) is 50.7. The molecular weight excluding hydrogens is 138 g/mol. The second-order valence-electron chi connectivity index (χ2n) is 4.03. The molecule has 2 heteroatoms. The smallest absolute Gasteiger partial charge is 0.0619 e. The molecule has 2 rings (SSSR count). The molecule has 0 aromatic rings. The van der Waals surface area contributed by atoms with Crippen molar-refractivity contribution >= 4 is 0 Å². The third kappa shape index (κ3) is 0.926. The summed E-state index contributed by atoms with van der Waals surface area (Å²) in [7, 11) is 0. The van der Waals surface area contributed by atoms with Gasteiger partial charge >= 0.3 is 0 Å². The van der Waals surface area contributed by atoms with Gasteiger partial charge in [0.1, 0.15) is 0 Å². The van der Waals surface area contributed by atoms with Crippen LogP contribution in [-0.4, -0.2) is 25.8 Å². The van der Waals surface area contributed by atoms with E-state index in [1.165, 1.54) is 13.0 Å². The van der Waals surface area contributed by atoms with Gasteiger partial charge in [-0.1, -0.05) is 6.92 Å². The van der Waals surface area contributed by atoms with Crippen molar-refractivity contribution in [1.82, 2.24) is 5.32 Å². The molecule has 3 atom stereocenters. The summed E-state index contributed by atoms with van der Waals surface area (Å²) < 4.78 is 5.62. The molecule has 2 saturated heterocycles. The van der Waals surface area contributed by atoms with E-state index < -0.39 is 0 Å². The molecule has 0 saturated carbocycles. The Hall–Kier alpha value is -0.0800. The molecule has 0 aliphatic carbocycles. The standard InChI is InChI=1S/C9H17NO/c1-7-5-10-6-9(7)3-4-11-8(9)2/h7-8,10H,3-6H2,1-2H3. The summed E-state index contributed by atoms with van der Waals surface area (Å²) in [4.78, 5) is 0. The Kier molecular flexibility index (Phi) is 1.69. The van der Waals surface area contributed by atoms with Crippen molar-refractivity contribution in [3.8, 4) is 0 Å². The average molecular weight is 155 g/mol. The van der Waals surface area contributed by atoms with Crippen molar-refractivity contribution in [3.63, 3.8) is 0 Å². The van der Waals surface area contributed by atoms with Crippen LogP contribution in [0.4, 0.5) is 0 Å². The molecule has 2 aliphatic rings.